The maximum Gasteiger partial charge on any atom is 0.408 e. The number of alkyl carbamates (subject to hydrolysis) is 1. The summed E-state index contributed by atoms with van der Waals surface area (Å²) < 4.78 is 19.4. The van der Waals surface area contributed by atoms with Crippen LogP contribution < -0.4 is 20.5 Å². The normalized spacial score (nSPS) is 15.7. The van der Waals surface area contributed by atoms with Crippen LogP contribution in [0.5, 0.6) is 11.5 Å². The number of carbonyl (C=O) groups is 2. The molecule has 3 N–H and O–H groups in total. The first-order chi connectivity index (χ1) is 19.8. The molecular weight excluding hydrogens is 626 g/mol. The monoisotopic (exact) mass is 661 g/mol. The molecule has 5 rings (SSSR count). The zero-order valence-corrected chi connectivity index (χ0v) is 26.8. The Morgan fingerprint density at radius 1 is 1.14 bits per heavy atom. The fourth-order valence-corrected chi connectivity index (χ4v) is 6.54. The van der Waals surface area contributed by atoms with Crippen LogP contribution in [0.25, 0.3) is 11.2 Å². The molecule has 3 aromatic rings. The molecule has 4 heterocycles. The predicted octanol–water partition coefficient (Wildman–Crippen LogP) is 4.98. The number of hydrogen-bond acceptors (Lipinski definition) is 10. The van der Waals surface area contributed by atoms with Crippen LogP contribution in [0.15, 0.2) is 33.0 Å². The van der Waals surface area contributed by atoms with Crippen molar-refractivity contribution in [2.75, 3.05) is 25.6 Å². The van der Waals surface area contributed by atoms with Gasteiger partial charge in [0.05, 0.1) is 0 Å². The van der Waals surface area contributed by atoms with Crippen molar-refractivity contribution in [1.29, 1.82) is 0 Å². The number of amides is 2. The summed E-state index contributed by atoms with van der Waals surface area (Å²) in [6.45, 7) is 10.9. The molecule has 2 aliphatic rings. The van der Waals surface area contributed by atoms with Gasteiger partial charge in [0.25, 0.3) is 0 Å². The van der Waals surface area contributed by atoms with Crippen LogP contribution in [0.1, 0.15) is 53.9 Å². The van der Waals surface area contributed by atoms with E-state index in [0.29, 0.717) is 54.0 Å². The summed E-state index contributed by atoms with van der Waals surface area (Å²) in [6, 6.07) is 3.83. The molecule has 2 amide bonds. The van der Waals surface area contributed by atoms with Gasteiger partial charge in [0.15, 0.2) is 33.6 Å². The molecule has 42 heavy (non-hydrogen) atoms. The van der Waals surface area contributed by atoms with Gasteiger partial charge < -0.3 is 34.7 Å². The molecule has 0 spiro atoms. The smallest absolute Gasteiger partial charge is 0.408 e. The quantitative estimate of drug-likeness (QED) is 0.355. The molecule has 1 aromatic carbocycles. The van der Waals surface area contributed by atoms with Crippen LogP contribution in [-0.2, 0) is 16.1 Å². The summed E-state index contributed by atoms with van der Waals surface area (Å²) in [7, 11) is 0. The SMILES string of the molecule is CC(C)(C)OC(=O)NC(C)(C)C(=O)N1CCC(CCn2c(Sc3cc4c(cc3Br)OCO4)nc3c(N)ncnc32)CC1. The summed E-state index contributed by atoms with van der Waals surface area (Å²) in [6.07, 6.45) is 3.45. The minimum absolute atomic E-state index is 0.118. The molecule has 12 nitrogen and oxygen atoms in total. The van der Waals surface area contributed by atoms with Crippen molar-refractivity contribution >= 4 is 56.7 Å². The number of anilines is 1. The van der Waals surface area contributed by atoms with Gasteiger partial charge in [-0.15, -0.1) is 0 Å². The first-order valence-electron chi connectivity index (χ1n) is 13.8. The highest BCUT2D eigenvalue weighted by Gasteiger charge is 2.36. The van der Waals surface area contributed by atoms with E-state index >= 15 is 0 Å². The first kappa shape index (κ1) is 30.2. The highest BCUT2D eigenvalue weighted by Crippen LogP contribution is 2.43. The number of imidazole rings is 1. The van der Waals surface area contributed by atoms with Crippen LogP contribution in [0.3, 0.4) is 0 Å². The van der Waals surface area contributed by atoms with Gasteiger partial charge in [-0.05, 0) is 87.9 Å². The number of hydrogen-bond donors (Lipinski definition) is 2. The molecule has 1 fully saturated rings. The lowest BCUT2D eigenvalue weighted by Gasteiger charge is -2.37. The number of nitrogens with one attached hydrogen (secondary N) is 1. The van der Waals surface area contributed by atoms with Gasteiger partial charge in [0.2, 0.25) is 12.7 Å². The van der Waals surface area contributed by atoms with Gasteiger partial charge >= 0.3 is 6.09 Å². The fourth-order valence-electron chi connectivity index (χ4n) is 5.03. The van der Waals surface area contributed by atoms with Gasteiger partial charge in [0.1, 0.15) is 17.5 Å². The van der Waals surface area contributed by atoms with Crippen molar-refractivity contribution < 1.29 is 23.8 Å². The molecule has 0 aliphatic carbocycles. The molecule has 14 heteroatoms. The van der Waals surface area contributed by atoms with Crippen molar-refractivity contribution in [3.8, 4) is 11.5 Å². The summed E-state index contributed by atoms with van der Waals surface area (Å²) in [5.74, 6) is 2.01. The summed E-state index contributed by atoms with van der Waals surface area (Å²) >= 11 is 5.13. The van der Waals surface area contributed by atoms with Gasteiger partial charge in [-0.3, -0.25) is 4.79 Å². The van der Waals surface area contributed by atoms with E-state index in [2.05, 4.69) is 35.8 Å². The van der Waals surface area contributed by atoms with Crippen LogP contribution >= 0.6 is 27.7 Å². The molecule has 0 bridgehead atoms. The maximum atomic E-state index is 13.3. The van der Waals surface area contributed by atoms with Crippen LogP contribution in [0.2, 0.25) is 0 Å². The highest BCUT2D eigenvalue weighted by molar-refractivity contribution is 9.10. The number of likely N-dealkylation sites (tertiary alicyclic amines) is 1. The minimum Gasteiger partial charge on any atom is -0.454 e. The lowest BCUT2D eigenvalue weighted by atomic mass is 9.92. The van der Waals surface area contributed by atoms with E-state index in [9.17, 15) is 9.59 Å². The molecule has 2 aliphatic heterocycles. The van der Waals surface area contributed by atoms with Crippen molar-refractivity contribution in [3.05, 3.63) is 22.9 Å². The Labute approximate surface area is 257 Å². The number of carbonyl (C=O) groups excluding carboxylic acids is 2. The van der Waals surface area contributed by atoms with Gasteiger partial charge in [-0.25, -0.2) is 19.7 Å². The van der Waals surface area contributed by atoms with Crippen LogP contribution in [0, 0.1) is 5.92 Å². The van der Waals surface area contributed by atoms with E-state index < -0.39 is 17.2 Å². The number of aryl methyl sites for hydroxylation is 1. The number of nitrogen functional groups attached to an aromatic ring is 1. The Kier molecular flexibility index (Phi) is 8.48. The number of aromatic nitrogens is 4. The van der Waals surface area contributed by atoms with Crippen LogP contribution in [0.4, 0.5) is 10.6 Å². The van der Waals surface area contributed by atoms with E-state index in [0.717, 1.165) is 33.8 Å². The maximum absolute atomic E-state index is 13.3. The number of nitrogens with zero attached hydrogens (tertiary/aromatic N) is 5. The number of rotatable bonds is 7. The number of halogens is 1. The zero-order valence-electron chi connectivity index (χ0n) is 24.4. The molecule has 0 unspecified atom stereocenters. The number of benzene rings is 1. The lowest BCUT2D eigenvalue weighted by Crippen LogP contribution is -2.57. The molecule has 0 atom stereocenters. The summed E-state index contributed by atoms with van der Waals surface area (Å²) in [5, 5.41) is 3.47. The second kappa shape index (κ2) is 11.8. The van der Waals surface area contributed by atoms with E-state index in [1.54, 1.807) is 34.6 Å². The van der Waals surface area contributed by atoms with Gasteiger partial charge in [0, 0.05) is 29.0 Å². The third kappa shape index (κ3) is 6.69. The average Bonchev–Trinajstić information content (AvgIpc) is 3.50. The highest BCUT2D eigenvalue weighted by atomic mass is 79.9. The first-order valence-corrected chi connectivity index (χ1v) is 15.5. The molecule has 0 radical (unpaired) electrons. The van der Waals surface area contributed by atoms with Crippen molar-refractivity contribution in [2.24, 2.45) is 5.92 Å². The molecular formula is C28H36BrN7O5S. The molecule has 2 aromatic heterocycles. The van der Waals surface area contributed by atoms with E-state index in [4.69, 9.17) is 24.9 Å². The average molecular weight is 663 g/mol. The molecule has 0 saturated carbocycles. The third-order valence-electron chi connectivity index (χ3n) is 7.16. The standard InChI is InChI=1S/C28H36BrN7O5S/c1-27(2,3)41-26(38)34-28(4,5)24(37)35-9-6-16(7-10-35)8-11-36-23-21(22(30)31-14-32-23)33-25(36)42-20-13-19-18(12-17(20)29)39-15-40-19/h12-14,16H,6-11,15H2,1-5H3,(H,34,38)(H2,30,31,32). The number of nitrogens with two attached hydrogens (primary N) is 1. The fraction of sp³-hybridized carbons (Fsp3) is 0.536. The Morgan fingerprint density at radius 3 is 2.52 bits per heavy atom. The van der Waals surface area contributed by atoms with E-state index in [1.807, 2.05) is 17.0 Å². The lowest BCUT2D eigenvalue weighted by molar-refractivity contribution is -0.138. The largest absolute Gasteiger partial charge is 0.454 e. The van der Waals surface area contributed by atoms with Crippen molar-refractivity contribution in [2.45, 2.75) is 81.6 Å². The van der Waals surface area contributed by atoms with Crippen LogP contribution in [-0.4, -0.2) is 67.4 Å². The number of ether oxygens (including phenoxy) is 3. The predicted molar refractivity (Wildman–Crippen MR) is 161 cm³/mol. The Bertz CT molecular complexity index is 1500. The Morgan fingerprint density at radius 2 is 1.83 bits per heavy atom. The topological polar surface area (TPSA) is 147 Å². The van der Waals surface area contributed by atoms with Gasteiger partial charge in [-0.2, -0.15) is 0 Å². The second-order valence-electron chi connectivity index (χ2n) is 12.0. The Balaban J connectivity index is 1.24. The van der Waals surface area contributed by atoms with Gasteiger partial charge in [-0.1, -0.05) is 11.8 Å². The second-order valence-corrected chi connectivity index (χ2v) is 13.9. The van der Waals surface area contributed by atoms with Crippen molar-refractivity contribution in [1.82, 2.24) is 29.7 Å². The van der Waals surface area contributed by atoms with E-state index in [-0.39, 0.29) is 12.7 Å². The van der Waals surface area contributed by atoms with E-state index in [1.165, 1.54) is 18.1 Å². The van der Waals surface area contributed by atoms with Crippen molar-refractivity contribution in [3.63, 3.8) is 0 Å². The number of piperidine rings is 1. The minimum atomic E-state index is -1.07. The summed E-state index contributed by atoms with van der Waals surface area (Å²) in [4.78, 5) is 41.7. The Hall–Kier alpha value is -3.26. The molecule has 1 saturated heterocycles. The molecule has 226 valence electrons. The zero-order chi connectivity index (χ0) is 30.2. The number of fused-ring (bicyclic) bond motifs is 2. The third-order valence-corrected chi connectivity index (χ3v) is 9.13. The summed E-state index contributed by atoms with van der Waals surface area (Å²) in [5.41, 5.74) is 5.70.